The van der Waals surface area contributed by atoms with Crippen molar-refractivity contribution in [2.24, 2.45) is 4.99 Å². The van der Waals surface area contributed by atoms with Gasteiger partial charge in [-0.15, -0.1) is 0 Å². The topological polar surface area (TPSA) is 51.1 Å². The molecule has 0 N–H and O–H groups in total. The number of rotatable bonds is 8. The normalized spacial score (nSPS) is 16.4. The number of amidine groups is 1. The standard InChI is InChI=1S/C23H24BrFN2O3S/c1-4-26-23-27(5-2)22(28)20(31-23)13-15-11-17(24)21(19(12-15)29-6-3)30-14-16-9-7-8-10-18(16)25/h7-13H,4-6,14H2,1-3H3/b20-13-,26-23?. The van der Waals surface area contributed by atoms with Crippen LogP contribution in [0.25, 0.3) is 6.08 Å². The minimum atomic E-state index is -0.320. The molecule has 1 amide bonds. The number of carbonyl (C=O) groups is 1. The van der Waals surface area contributed by atoms with E-state index in [1.54, 1.807) is 23.1 Å². The lowest BCUT2D eigenvalue weighted by Gasteiger charge is -2.15. The maximum absolute atomic E-state index is 13.9. The molecule has 1 saturated heterocycles. The molecule has 2 aromatic rings. The molecule has 31 heavy (non-hydrogen) atoms. The Morgan fingerprint density at radius 3 is 2.65 bits per heavy atom. The van der Waals surface area contributed by atoms with Crippen LogP contribution in [0.2, 0.25) is 0 Å². The summed E-state index contributed by atoms with van der Waals surface area (Å²) in [6.07, 6.45) is 1.82. The number of thioether (sulfide) groups is 1. The lowest BCUT2D eigenvalue weighted by molar-refractivity contribution is -0.122. The molecule has 1 aliphatic rings. The second-order valence-corrected chi connectivity index (χ2v) is 8.42. The number of carbonyl (C=O) groups excluding carboxylic acids is 1. The number of amides is 1. The molecule has 1 fully saturated rings. The summed E-state index contributed by atoms with van der Waals surface area (Å²) in [7, 11) is 0. The number of hydrogen-bond acceptors (Lipinski definition) is 5. The first-order chi connectivity index (χ1) is 15.0. The monoisotopic (exact) mass is 506 g/mol. The Hall–Kier alpha value is -2.32. The quantitative estimate of drug-likeness (QED) is 0.419. The second-order valence-electron chi connectivity index (χ2n) is 6.56. The van der Waals surface area contributed by atoms with Gasteiger partial charge in [0, 0.05) is 18.7 Å². The van der Waals surface area contributed by atoms with Crippen LogP contribution in [-0.2, 0) is 11.4 Å². The van der Waals surface area contributed by atoms with E-state index in [1.807, 2.05) is 39.0 Å². The molecular formula is C23H24BrFN2O3S. The molecule has 0 aliphatic carbocycles. The Bertz CT molecular complexity index is 1030. The van der Waals surface area contributed by atoms with E-state index in [9.17, 15) is 9.18 Å². The molecular weight excluding hydrogens is 483 g/mol. The van der Waals surface area contributed by atoms with Crippen LogP contribution in [-0.4, -0.2) is 35.7 Å². The van der Waals surface area contributed by atoms with Crippen molar-refractivity contribution in [2.75, 3.05) is 19.7 Å². The van der Waals surface area contributed by atoms with Crippen LogP contribution in [0.5, 0.6) is 11.5 Å². The lowest BCUT2D eigenvalue weighted by atomic mass is 10.1. The van der Waals surface area contributed by atoms with Gasteiger partial charge in [0.15, 0.2) is 16.7 Å². The van der Waals surface area contributed by atoms with E-state index >= 15 is 0 Å². The molecule has 8 heteroatoms. The van der Waals surface area contributed by atoms with Crippen LogP contribution in [0.3, 0.4) is 0 Å². The predicted molar refractivity (Wildman–Crippen MR) is 127 cm³/mol. The number of nitrogens with zero attached hydrogens (tertiary/aromatic N) is 2. The zero-order valence-corrected chi connectivity index (χ0v) is 20.1. The molecule has 1 aliphatic heterocycles. The number of benzene rings is 2. The molecule has 3 rings (SSSR count). The highest BCUT2D eigenvalue weighted by molar-refractivity contribution is 9.10. The molecule has 5 nitrogen and oxygen atoms in total. The highest BCUT2D eigenvalue weighted by atomic mass is 79.9. The van der Waals surface area contributed by atoms with E-state index in [0.717, 1.165) is 10.7 Å². The maximum Gasteiger partial charge on any atom is 0.266 e. The summed E-state index contributed by atoms with van der Waals surface area (Å²) in [4.78, 5) is 19.4. The first-order valence-electron chi connectivity index (χ1n) is 10.1. The first-order valence-corrected chi connectivity index (χ1v) is 11.7. The van der Waals surface area contributed by atoms with Gasteiger partial charge in [-0.2, -0.15) is 0 Å². The van der Waals surface area contributed by atoms with Gasteiger partial charge in [-0.05, 0) is 78.3 Å². The Balaban J connectivity index is 1.89. The van der Waals surface area contributed by atoms with Crippen molar-refractivity contribution in [1.82, 2.24) is 4.90 Å². The van der Waals surface area contributed by atoms with Crippen LogP contribution >= 0.6 is 27.7 Å². The summed E-state index contributed by atoms with van der Waals surface area (Å²) in [6, 6.07) is 10.2. The van der Waals surface area contributed by atoms with E-state index in [2.05, 4.69) is 20.9 Å². The van der Waals surface area contributed by atoms with E-state index in [-0.39, 0.29) is 18.3 Å². The van der Waals surface area contributed by atoms with Crippen LogP contribution in [0.15, 0.2) is 50.8 Å². The Labute approximate surface area is 194 Å². The van der Waals surface area contributed by atoms with Gasteiger partial charge in [-0.1, -0.05) is 18.2 Å². The molecule has 0 saturated carbocycles. The summed E-state index contributed by atoms with van der Waals surface area (Å²) in [5.74, 6) is 0.625. The van der Waals surface area contributed by atoms with Crippen molar-refractivity contribution in [3.05, 3.63) is 62.7 Å². The van der Waals surface area contributed by atoms with E-state index in [4.69, 9.17) is 9.47 Å². The Morgan fingerprint density at radius 2 is 1.97 bits per heavy atom. The summed E-state index contributed by atoms with van der Waals surface area (Å²) >= 11 is 4.90. The number of halogens is 2. The molecule has 0 atom stereocenters. The zero-order valence-electron chi connectivity index (χ0n) is 17.7. The molecule has 1 heterocycles. The van der Waals surface area contributed by atoms with Gasteiger partial charge in [0.2, 0.25) is 0 Å². The fourth-order valence-electron chi connectivity index (χ4n) is 3.03. The molecule has 0 radical (unpaired) electrons. The molecule has 0 aromatic heterocycles. The minimum absolute atomic E-state index is 0.0614. The molecule has 0 unspecified atom stereocenters. The third-order valence-corrected chi connectivity index (χ3v) is 6.09. The highest BCUT2D eigenvalue weighted by Crippen LogP contribution is 2.39. The average Bonchev–Trinajstić information content (AvgIpc) is 3.03. The van der Waals surface area contributed by atoms with Gasteiger partial charge in [0.1, 0.15) is 12.4 Å². The molecule has 0 spiro atoms. The molecule has 164 valence electrons. The zero-order chi connectivity index (χ0) is 22.4. The maximum atomic E-state index is 13.9. The smallest absolute Gasteiger partial charge is 0.266 e. The van der Waals surface area contributed by atoms with Gasteiger partial charge >= 0.3 is 0 Å². The fraction of sp³-hybridized carbons (Fsp3) is 0.304. The minimum Gasteiger partial charge on any atom is -0.490 e. The van der Waals surface area contributed by atoms with Gasteiger partial charge in [0.05, 0.1) is 16.0 Å². The van der Waals surface area contributed by atoms with Gasteiger partial charge < -0.3 is 9.47 Å². The first kappa shape index (κ1) is 23.3. The van der Waals surface area contributed by atoms with Crippen LogP contribution in [0.1, 0.15) is 31.9 Å². The Morgan fingerprint density at radius 1 is 1.19 bits per heavy atom. The summed E-state index contributed by atoms with van der Waals surface area (Å²) in [5, 5.41) is 0.718. The summed E-state index contributed by atoms with van der Waals surface area (Å²) in [5.41, 5.74) is 1.25. The molecule has 0 bridgehead atoms. The Kier molecular flexibility index (Phi) is 8.15. The third-order valence-electron chi connectivity index (χ3n) is 4.46. The van der Waals surface area contributed by atoms with Crippen LogP contribution in [0, 0.1) is 5.82 Å². The largest absolute Gasteiger partial charge is 0.490 e. The average molecular weight is 507 g/mol. The van der Waals surface area contributed by atoms with Crippen LogP contribution in [0.4, 0.5) is 4.39 Å². The number of ether oxygens (including phenoxy) is 2. The third kappa shape index (κ3) is 5.49. The summed E-state index contributed by atoms with van der Waals surface area (Å²) < 4.78 is 26.2. The van der Waals surface area contributed by atoms with Crippen molar-refractivity contribution < 1.29 is 18.7 Å². The van der Waals surface area contributed by atoms with E-state index in [1.165, 1.54) is 17.8 Å². The predicted octanol–water partition coefficient (Wildman–Crippen LogP) is 5.88. The number of likely N-dealkylation sites (N-methyl/N-ethyl adjacent to an activating group) is 1. The summed E-state index contributed by atoms with van der Waals surface area (Å²) in [6.45, 7) is 7.45. The van der Waals surface area contributed by atoms with Crippen molar-refractivity contribution >= 4 is 44.8 Å². The van der Waals surface area contributed by atoms with Crippen molar-refractivity contribution in [3.8, 4) is 11.5 Å². The number of aliphatic imine (C=N–C) groups is 1. The van der Waals surface area contributed by atoms with Crippen molar-refractivity contribution in [1.29, 1.82) is 0 Å². The van der Waals surface area contributed by atoms with E-state index < -0.39 is 0 Å². The van der Waals surface area contributed by atoms with E-state index in [0.29, 0.717) is 46.1 Å². The fourth-order valence-corrected chi connectivity index (χ4v) is 4.71. The highest BCUT2D eigenvalue weighted by Gasteiger charge is 2.32. The lowest BCUT2D eigenvalue weighted by Crippen LogP contribution is -2.28. The molecule has 2 aromatic carbocycles. The van der Waals surface area contributed by atoms with Crippen molar-refractivity contribution in [3.63, 3.8) is 0 Å². The SMILES string of the molecule is CCN=C1S/C(=C\c2cc(Br)c(OCc3ccccc3F)c(OCC)c2)C(=O)N1CC. The van der Waals surface area contributed by atoms with Gasteiger partial charge in [-0.25, -0.2) is 4.39 Å². The van der Waals surface area contributed by atoms with Crippen LogP contribution < -0.4 is 9.47 Å². The number of hydrogen-bond donors (Lipinski definition) is 0. The van der Waals surface area contributed by atoms with Gasteiger partial charge in [-0.3, -0.25) is 14.7 Å². The second kappa shape index (κ2) is 10.8. The van der Waals surface area contributed by atoms with Crippen molar-refractivity contribution in [2.45, 2.75) is 27.4 Å². The van der Waals surface area contributed by atoms with Gasteiger partial charge in [0.25, 0.3) is 5.91 Å².